The van der Waals surface area contributed by atoms with Gasteiger partial charge in [-0.2, -0.15) is 0 Å². The van der Waals surface area contributed by atoms with E-state index in [4.69, 9.17) is 27.9 Å². The van der Waals surface area contributed by atoms with Gasteiger partial charge < -0.3 is 10.1 Å². The Hall–Kier alpha value is -1.45. The third-order valence-electron chi connectivity index (χ3n) is 2.37. The van der Waals surface area contributed by atoms with E-state index in [0.717, 1.165) is 11.3 Å². The van der Waals surface area contributed by atoms with Gasteiger partial charge in [0.2, 0.25) is 5.88 Å². The number of rotatable bonds is 4. The van der Waals surface area contributed by atoms with Crippen LogP contribution in [0.5, 0.6) is 5.88 Å². The van der Waals surface area contributed by atoms with Crippen LogP contribution < -0.4 is 10.1 Å². The molecule has 0 atom stereocenters. The van der Waals surface area contributed by atoms with E-state index in [-0.39, 0.29) is 0 Å². The second-order valence-electron chi connectivity index (χ2n) is 3.72. The van der Waals surface area contributed by atoms with Crippen molar-refractivity contribution >= 4 is 28.9 Å². The summed E-state index contributed by atoms with van der Waals surface area (Å²) < 4.78 is 5.00. The molecule has 94 valence electrons. The van der Waals surface area contributed by atoms with Crippen LogP contribution in [0.3, 0.4) is 0 Å². The number of halogens is 2. The number of anilines is 1. The largest absolute Gasteiger partial charge is 0.481 e. The van der Waals surface area contributed by atoms with E-state index in [1.807, 2.05) is 24.3 Å². The van der Waals surface area contributed by atoms with Gasteiger partial charge in [-0.15, -0.1) is 0 Å². The Morgan fingerprint density at radius 1 is 1.17 bits per heavy atom. The summed E-state index contributed by atoms with van der Waals surface area (Å²) in [7, 11) is 1.59. The zero-order chi connectivity index (χ0) is 13.0. The molecule has 18 heavy (non-hydrogen) atoms. The number of pyridine rings is 1. The molecule has 0 aliphatic rings. The van der Waals surface area contributed by atoms with Gasteiger partial charge in [0, 0.05) is 34.5 Å². The quantitative estimate of drug-likeness (QED) is 0.920. The van der Waals surface area contributed by atoms with Crippen molar-refractivity contribution in [1.29, 1.82) is 0 Å². The van der Waals surface area contributed by atoms with Gasteiger partial charge in [0.1, 0.15) is 0 Å². The molecule has 0 aliphatic heterocycles. The fourth-order valence-electron chi connectivity index (χ4n) is 1.50. The Kier molecular flexibility index (Phi) is 4.28. The zero-order valence-electron chi connectivity index (χ0n) is 9.78. The highest BCUT2D eigenvalue weighted by Crippen LogP contribution is 2.22. The molecule has 0 fully saturated rings. The van der Waals surface area contributed by atoms with Crippen LogP contribution in [0.1, 0.15) is 5.56 Å². The molecular weight excluding hydrogens is 271 g/mol. The molecule has 0 spiro atoms. The van der Waals surface area contributed by atoms with Crippen molar-refractivity contribution in [2.45, 2.75) is 6.54 Å². The van der Waals surface area contributed by atoms with Gasteiger partial charge in [0.05, 0.1) is 7.11 Å². The number of nitrogens with one attached hydrogen (secondary N) is 1. The second kappa shape index (κ2) is 5.94. The van der Waals surface area contributed by atoms with Crippen molar-refractivity contribution in [2.75, 3.05) is 12.4 Å². The minimum atomic E-state index is 0.601. The molecule has 0 unspecified atom stereocenters. The monoisotopic (exact) mass is 282 g/mol. The molecular formula is C13H12Cl2N2O. The van der Waals surface area contributed by atoms with Gasteiger partial charge in [0.25, 0.3) is 0 Å². The van der Waals surface area contributed by atoms with Crippen molar-refractivity contribution in [3.05, 3.63) is 52.1 Å². The number of ether oxygens (including phenoxy) is 1. The van der Waals surface area contributed by atoms with E-state index in [1.54, 1.807) is 19.4 Å². The summed E-state index contributed by atoms with van der Waals surface area (Å²) in [5.41, 5.74) is 1.93. The number of hydrogen-bond donors (Lipinski definition) is 1. The fourth-order valence-corrected chi connectivity index (χ4v) is 2.02. The number of aromatic nitrogens is 1. The predicted octanol–water partition coefficient (Wildman–Crippen LogP) is 4.01. The Morgan fingerprint density at radius 2 is 1.89 bits per heavy atom. The van der Waals surface area contributed by atoms with Gasteiger partial charge in [-0.05, 0) is 23.8 Å². The Labute approximate surface area is 116 Å². The molecule has 5 heteroatoms. The first kappa shape index (κ1) is 13.0. The van der Waals surface area contributed by atoms with Gasteiger partial charge in [-0.3, -0.25) is 0 Å². The third-order valence-corrected chi connectivity index (χ3v) is 2.80. The van der Waals surface area contributed by atoms with Crippen LogP contribution in [0.25, 0.3) is 0 Å². The maximum Gasteiger partial charge on any atom is 0.212 e. The minimum absolute atomic E-state index is 0.601. The van der Waals surface area contributed by atoms with E-state index in [1.165, 1.54) is 0 Å². The van der Waals surface area contributed by atoms with Crippen LogP contribution in [0.2, 0.25) is 10.0 Å². The van der Waals surface area contributed by atoms with Gasteiger partial charge in [-0.1, -0.05) is 29.3 Å². The highest BCUT2D eigenvalue weighted by Gasteiger charge is 1.99. The number of hydrogen-bond acceptors (Lipinski definition) is 3. The van der Waals surface area contributed by atoms with Gasteiger partial charge in [-0.25, -0.2) is 4.98 Å². The Balaban J connectivity index is 2.01. The number of nitrogens with zero attached hydrogens (tertiary/aromatic N) is 1. The number of benzene rings is 1. The molecule has 0 bridgehead atoms. The van der Waals surface area contributed by atoms with Crippen LogP contribution in [-0.4, -0.2) is 12.1 Å². The Morgan fingerprint density at radius 3 is 2.44 bits per heavy atom. The van der Waals surface area contributed by atoms with E-state index in [2.05, 4.69) is 10.3 Å². The Bertz CT molecular complexity index is 509. The average Bonchev–Trinajstić information content (AvgIpc) is 2.36. The van der Waals surface area contributed by atoms with Crippen molar-refractivity contribution in [2.24, 2.45) is 0 Å². The topological polar surface area (TPSA) is 34.1 Å². The average molecular weight is 283 g/mol. The van der Waals surface area contributed by atoms with Crippen LogP contribution in [0.15, 0.2) is 36.5 Å². The van der Waals surface area contributed by atoms with Crippen molar-refractivity contribution in [1.82, 2.24) is 4.98 Å². The maximum atomic E-state index is 5.92. The molecule has 0 saturated heterocycles. The highest BCUT2D eigenvalue weighted by molar-refractivity contribution is 6.35. The van der Waals surface area contributed by atoms with E-state index in [9.17, 15) is 0 Å². The lowest BCUT2D eigenvalue weighted by molar-refractivity contribution is 0.397. The zero-order valence-corrected chi connectivity index (χ0v) is 11.3. The van der Waals surface area contributed by atoms with E-state index >= 15 is 0 Å². The SMILES string of the molecule is COc1ccc(CNc2cc(Cl)cc(Cl)c2)cn1. The molecule has 2 aromatic rings. The molecule has 2 rings (SSSR count). The van der Waals surface area contributed by atoms with E-state index in [0.29, 0.717) is 22.5 Å². The van der Waals surface area contributed by atoms with Crippen molar-refractivity contribution in [3.8, 4) is 5.88 Å². The van der Waals surface area contributed by atoms with Gasteiger partial charge in [0.15, 0.2) is 0 Å². The van der Waals surface area contributed by atoms with Crippen LogP contribution in [0.4, 0.5) is 5.69 Å². The molecule has 1 heterocycles. The summed E-state index contributed by atoms with van der Waals surface area (Å²) in [6.07, 6.45) is 1.76. The molecule has 0 radical (unpaired) electrons. The van der Waals surface area contributed by atoms with Gasteiger partial charge >= 0.3 is 0 Å². The fraction of sp³-hybridized carbons (Fsp3) is 0.154. The lowest BCUT2D eigenvalue weighted by Crippen LogP contribution is -2.00. The van der Waals surface area contributed by atoms with Crippen LogP contribution >= 0.6 is 23.2 Å². The summed E-state index contributed by atoms with van der Waals surface area (Å²) in [6.45, 7) is 0.646. The molecule has 0 aliphatic carbocycles. The smallest absolute Gasteiger partial charge is 0.212 e. The van der Waals surface area contributed by atoms with Crippen molar-refractivity contribution < 1.29 is 4.74 Å². The summed E-state index contributed by atoms with van der Waals surface area (Å²) in [4.78, 5) is 4.13. The maximum absolute atomic E-state index is 5.92. The molecule has 1 aromatic heterocycles. The first-order chi connectivity index (χ1) is 8.67. The van der Waals surface area contributed by atoms with Crippen molar-refractivity contribution in [3.63, 3.8) is 0 Å². The second-order valence-corrected chi connectivity index (χ2v) is 4.59. The normalized spacial score (nSPS) is 10.2. The summed E-state index contributed by atoms with van der Waals surface area (Å²) in [5.74, 6) is 0.601. The molecule has 3 nitrogen and oxygen atoms in total. The minimum Gasteiger partial charge on any atom is -0.481 e. The molecule has 1 aromatic carbocycles. The third kappa shape index (κ3) is 3.52. The lowest BCUT2D eigenvalue weighted by Gasteiger charge is -2.07. The highest BCUT2D eigenvalue weighted by atomic mass is 35.5. The van der Waals surface area contributed by atoms with Crippen LogP contribution in [-0.2, 0) is 6.54 Å². The molecule has 0 saturated carbocycles. The van der Waals surface area contributed by atoms with Crippen LogP contribution in [0, 0.1) is 0 Å². The lowest BCUT2D eigenvalue weighted by atomic mass is 10.2. The van der Waals surface area contributed by atoms with E-state index < -0.39 is 0 Å². The summed E-state index contributed by atoms with van der Waals surface area (Å²) in [5, 5.41) is 4.45. The number of methoxy groups -OCH3 is 1. The molecule has 0 amide bonds. The first-order valence-electron chi connectivity index (χ1n) is 5.36. The standard InChI is InChI=1S/C13H12Cl2N2O/c1-18-13-3-2-9(8-17-13)7-16-12-5-10(14)4-11(15)6-12/h2-6,8,16H,7H2,1H3. The summed E-state index contributed by atoms with van der Waals surface area (Å²) >= 11 is 11.8. The summed E-state index contributed by atoms with van der Waals surface area (Å²) in [6, 6.07) is 9.12. The first-order valence-corrected chi connectivity index (χ1v) is 6.12. The molecule has 1 N–H and O–H groups in total. The predicted molar refractivity (Wildman–Crippen MR) is 74.6 cm³/mol.